The number of benzene rings is 4. The van der Waals surface area contributed by atoms with Crippen LogP contribution in [0.4, 0.5) is 0 Å². The highest BCUT2D eigenvalue weighted by Gasteiger charge is 2.38. The van der Waals surface area contributed by atoms with Crippen molar-refractivity contribution in [2.75, 3.05) is 0 Å². The van der Waals surface area contributed by atoms with Crippen molar-refractivity contribution in [3.8, 4) is 11.4 Å². The Morgan fingerprint density at radius 1 is 0.559 bits per heavy atom. The average Bonchev–Trinajstić information content (AvgIpc) is 3.21. The molecule has 6 rings (SSSR count). The summed E-state index contributed by atoms with van der Waals surface area (Å²) in [7, 11) is 0. The summed E-state index contributed by atoms with van der Waals surface area (Å²) in [5.74, 6) is 0.900. The lowest BCUT2D eigenvalue weighted by molar-refractivity contribution is 0.591. The van der Waals surface area contributed by atoms with Crippen LogP contribution in [0.15, 0.2) is 54.6 Å². The highest BCUT2D eigenvalue weighted by atomic mass is 16.4. The highest BCUT2D eigenvalue weighted by Crippen LogP contribution is 2.42. The summed E-state index contributed by atoms with van der Waals surface area (Å²) >= 11 is 0. The first-order valence-corrected chi connectivity index (χ1v) is 12.2. The number of aryl methyl sites for hydroxylation is 3. The minimum atomic E-state index is -0.153. The Bertz CT molecular complexity index is 1640. The van der Waals surface area contributed by atoms with E-state index >= 15 is 0 Å². The minimum absolute atomic E-state index is 0.153. The molecule has 2 nitrogen and oxygen atoms in total. The van der Waals surface area contributed by atoms with Crippen molar-refractivity contribution in [3.05, 3.63) is 93.5 Å². The highest BCUT2D eigenvalue weighted by molar-refractivity contribution is 6.84. The van der Waals surface area contributed by atoms with Gasteiger partial charge in [-0.1, -0.05) is 36.4 Å². The zero-order valence-electron chi connectivity index (χ0n) is 21.1. The smallest absolute Gasteiger partial charge is 0.431 e. The molecule has 1 aliphatic rings. The molecule has 1 aromatic heterocycles. The molecular weight excluding hydrogens is 413 g/mol. The summed E-state index contributed by atoms with van der Waals surface area (Å²) < 4.78 is 9.33. The third-order valence-corrected chi connectivity index (χ3v) is 8.47. The molecule has 0 unspecified atom stereocenters. The van der Waals surface area contributed by atoms with Crippen molar-refractivity contribution in [3.63, 3.8) is 0 Å². The molecule has 0 N–H and O–H groups in total. The van der Waals surface area contributed by atoms with Crippen LogP contribution in [0.2, 0.25) is 0 Å². The second kappa shape index (κ2) is 7.27. The van der Waals surface area contributed by atoms with E-state index < -0.39 is 0 Å². The Morgan fingerprint density at radius 2 is 1.12 bits per heavy atom. The van der Waals surface area contributed by atoms with Gasteiger partial charge in [-0.15, -0.1) is 0 Å². The molecule has 0 amide bonds. The fourth-order valence-electron chi connectivity index (χ4n) is 6.08. The molecular formula is C31H30BNO. The summed E-state index contributed by atoms with van der Waals surface area (Å²) in [4.78, 5) is 0. The predicted octanol–water partition coefficient (Wildman–Crippen LogP) is 6.44. The Labute approximate surface area is 202 Å². The van der Waals surface area contributed by atoms with Crippen molar-refractivity contribution >= 4 is 39.6 Å². The lowest BCUT2D eigenvalue weighted by Crippen LogP contribution is -2.53. The molecule has 0 saturated carbocycles. The van der Waals surface area contributed by atoms with E-state index in [1.807, 2.05) is 18.2 Å². The van der Waals surface area contributed by atoms with Gasteiger partial charge in [0.1, 0.15) is 0 Å². The minimum Gasteiger partial charge on any atom is -0.551 e. The first kappa shape index (κ1) is 21.1. The number of rotatable bonds is 2. The van der Waals surface area contributed by atoms with E-state index in [1.165, 1.54) is 77.4 Å². The van der Waals surface area contributed by atoms with E-state index in [0.29, 0.717) is 0 Å². The van der Waals surface area contributed by atoms with Crippen molar-refractivity contribution in [2.24, 2.45) is 0 Å². The maximum atomic E-state index is 6.80. The Morgan fingerprint density at radius 3 is 1.82 bits per heavy atom. The molecule has 1 aliphatic heterocycles. The quantitative estimate of drug-likeness (QED) is 0.287. The number of para-hydroxylation sites is 2. The van der Waals surface area contributed by atoms with E-state index in [0.717, 1.165) is 5.75 Å². The molecule has 3 heteroatoms. The number of hydrogen-bond acceptors (Lipinski definition) is 1. The van der Waals surface area contributed by atoms with Crippen LogP contribution >= 0.6 is 0 Å². The summed E-state index contributed by atoms with van der Waals surface area (Å²) in [6.45, 7) is 15.8. The number of aromatic nitrogens is 1. The van der Waals surface area contributed by atoms with E-state index in [-0.39, 0.29) is 6.92 Å². The normalized spacial score (nSPS) is 12.5. The molecule has 2 heterocycles. The number of hydrogen-bond donors (Lipinski definition) is 0. The Kier molecular flexibility index (Phi) is 4.51. The SMILES string of the molecule is Cc1c(C)c(C)c2c(c1C)c1c(C)c(C)c(C)c3c1n2-c1ccccc1B3Oc1ccccc1. The molecule has 0 radical (unpaired) electrons. The summed E-state index contributed by atoms with van der Waals surface area (Å²) in [6.07, 6.45) is 0. The van der Waals surface area contributed by atoms with Gasteiger partial charge in [0.15, 0.2) is 0 Å². The summed E-state index contributed by atoms with van der Waals surface area (Å²) in [5, 5.41) is 2.78. The fourth-order valence-corrected chi connectivity index (χ4v) is 6.08. The molecule has 4 aromatic carbocycles. The lowest BCUT2D eigenvalue weighted by atomic mass is 9.51. The maximum absolute atomic E-state index is 6.80. The fraction of sp³-hybridized carbons (Fsp3) is 0.226. The van der Waals surface area contributed by atoms with Crippen LogP contribution in [0, 0.1) is 48.5 Å². The van der Waals surface area contributed by atoms with Gasteiger partial charge in [-0.05, 0) is 117 Å². The molecule has 0 bridgehead atoms. The van der Waals surface area contributed by atoms with Gasteiger partial charge in [-0.2, -0.15) is 0 Å². The second-order valence-corrected chi connectivity index (χ2v) is 9.94. The van der Waals surface area contributed by atoms with E-state index in [2.05, 4.69) is 89.4 Å². The van der Waals surface area contributed by atoms with E-state index in [1.54, 1.807) is 0 Å². The second-order valence-electron chi connectivity index (χ2n) is 9.94. The third kappa shape index (κ3) is 2.58. The molecule has 5 aromatic rings. The van der Waals surface area contributed by atoms with Crippen molar-refractivity contribution in [1.29, 1.82) is 0 Å². The van der Waals surface area contributed by atoms with E-state index in [4.69, 9.17) is 4.65 Å². The van der Waals surface area contributed by atoms with Crippen molar-refractivity contribution in [2.45, 2.75) is 48.5 Å². The van der Waals surface area contributed by atoms with Crippen LogP contribution in [0.3, 0.4) is 0 Å². The third-order valence-electron chi connectivity index (χ3n) is 8.47. The zero-order chi connectivity index (χ0) is 23.9. The first-order chi connectivity index (χ1) is 16.3. The summed E-state index contributed by atoms with van der Waals surface area (Å²) in [6, 6.07) is 19.0. The van der Waals surface area contributed by atoms with Crippen LogP contribution < -0.4 is 15.6 Å². The number of nitrogens with zero attached hydrogens (tertiary/aromatic N) is 1. The van der Waals surface area contributed by atoms with Gasteiger partial charge in [0.05, 0.1) is 16.8 Å². The first-order valence-electron chi connectivity index (χ1n) is 12.2. The van der Waals surface area contributed by atoms with Crippen LogP contribution in [0.1, 0.15) is 38.9 Å². The van der Waals surface area contributed by atoms with Gasteiger partial charge < -0.3 is 9.22 Å². The van der Waals surface area contributed by atoms with Gasteiger partial charge >= 0.3 is 6.92 Å². The molecule has 0 saturated heterocycles. The standard InChI is InChI=1S/C31H30BNO/c1-17-18(2)23(7)30-27(20(17)4)28-21(5)19(3)22(6)29-31(28)33(30)26-16-12-11-15-25(26)32(29)34-24-13-9-8-10-14-24/h8-16H,1-7H3. The van der Waals surface area contributed by atoms with Crippen molar-refractivity contribution < 1.29 is 4.65 Å². The molecule has 34 heavy (non-hydrogen) atoms. The number of fused-ring (bicyclic) bond motifs is 5. The monoisotopic (exact) mass is 443 g/mol. The van der Waals surface area contributed by atoms with Gasteiger partial charge in [0, 0.05) is 16.5 Å². The molecule has 168 valence electrons. The van der Waals surface area contributed by atoms with Crippen LogP contribution in [0.5, 0.6) is 5.75 Å². The van der Waals surface area contributed by atoms with Crippen molar-refractivity contribution in [1.82, 2.24) is 4.57 Å². The molecule has 0 atom stereocenters. The summed E-state index contributed by atoms with van der Waals surface area (Å²) in [5.41, 5.74) is 16.0. The molecule has 0 spiro atoms. The average molecular weight is 443 g/mol. The zero-order valence-corrected chi connectivity index (χ0v) is 21.1. The molecule has 0 fully saturated rings. The topological polar surface area (TPSA) is 14.2 Å². The van der Waals surface area contributed by atoms with Crippen LogP contribution in [-0.2, 0) is 0 Å². The van der Waals surface area contributed by atoms with Crippen LogP contribution in [-0.4, -0.2) is 11.5 Å². The van der Waals surface area contributed by atoms with Crippen LogP contribution in [0.25, 0.3) is 27.5 Å². The predicted molar refractivity (Wildman–Crippen MR) is 146 cm³/mol. The Balaban J connectivity index is 1.87. The van der Waals surface area contributed by atoms with Gasteiger partial charge in [0.2, 0.25) is 0 Å². The van der Waals surface area contributed by atoms with Gasteiger partial charge in [0.25, 0.3) is 0 Å². The van der Waals surface area contributed by atoms with E-state index in [9.17, 15) is 0 Å². The molecule has 0 aliphatic carbocycles. The lowest BCUT2D eigenvalue weighted by Gasteiger charge is -2.29. The largest absolute Gasteiger partial charge is 0.551 e. The Hall–Kier alpha value is -3.46. The van der Waals surface area contributed by atoms with Gasteiger partial charge in [-0.3, -0.25) is 0 Å². The van der Waals surface area contributed by atoms with Gasteiger partial charge in [-0.25, -0.2) is 0 Å². The maximum Gasteiger partial charge on any atom is 0.431 e.